The van der Waals surface area contributed by atoms with E-state index in [0.29, 0.717) is 19.7 Å². The maximum absolute atomic E-state index is 12.0. The molecule has 17 heavy (non-hydrogen) atoms. The van der Waals surface area contributed by atoms with Gasteiger partial charge in [0.2, 0.25) is 5.91 Å². The molecule has 1 aliphatic heterocycles. The Kier molecular flexibility index (Phi) is 6.47. The number of piperidine rings is 1. The predicted octanol–water partition coefficient (Wildman–Crippen LogP) is -0.0956. The Bertz CT molecular complexity index is 230. The van der Waals surface area contributed by atoms with Gasteiger partial charge in [0.25, 0.3) is 0 Å². The van der Waals surface area contributed by atoms with Crippen molar-refractivity contribution in [1.29, 1.82) is 0 Å². The molecule has 1 unspecified atom stereocenters. The zero-order chi connectivity index (χ0) is 12.7. The summed E-state index contributed by atoms with van der Waals surface area (Å²) in [5, 5.41) is 0. The van der Waals surface area contributed by atoms with E-state index in [9.17, 15) is 4.79 Å². The summed E-state index contributed by atoms with van der Waals surface area (Å²) in [6.07, 6.45) is 3.52. The fourth-order valence-electron chi connectivity index (χ4n) is 2.21. The molecule has 0 saturated carbocycles. The second kappa shape index (κ2) is 7.63. The normalized spacial score (nSPS) is 18.5. The van der Waals surface area contributed by atoms with E-state index in [1.54, 1.807) is 7.11 Å². The number of carbonyl (C=O) groups is 1. The number of amides is 1. The van der Waals surface area contributed by atoms with Crippen molar-refractivity contribution in [1.82, 2.24) is 9.80 Å². The van der Waals surface area contributed by atoms with E-state index in [4.69, 9.17) is 10.5 Å². The Hall–Kier alpha value is -0.650. The van der Waals surface area contributed by atoms with Crippen LogP contribution in [-0.4, -0.2) is 68.7 Å². The minimum Gasteiger partial charge on any atom is -0.383 e. The number of hydrogen-bond acceptors (Lipinski definition) is 4. The maximum atomic E-state index is 12.0. The van der Waals surface area contributed by atoms with Crippen LogP contribution in [0.3, 0.4) is 0 Å². The molecule has 1 heterocycles. The molecule has 0 radical (unpaired) electrons. The Balaban J connectivity index is 2.24. The lowest BCUT2D eigenvalue weighted by molar-refractivity contribution is -0.133. The van der Waals surface area contributed by atoms with E-state index in [-0.39, 0.29) is 11.9 Å². The molecule has 1 aliphatic rings. The average molecular weight is 243 g/mol. The highest BCUT2D eigenvalue weighted by molar-refractivity contribution is 5.78. The van der Waals surface area contributed by atoms with Gasteiger partial charge in [-0.25, -0.2) is 0 Å². The number of rotatable bonds is 6. The zero-order valence-corrected chi connectivity index (χ0v) is 11.0. The summed E-state index contributed by atoms with van der Waals surface area (Å²) in [4.78, 5) is 15.9. The molecule has 100 valence electrons. The molecule has 5 heteroatoms. The molecule has 0 spiro atoms. The molecule has 0 aromatic carbocycles. The van der Waals surface area contributed by atoms with Gasteiger partial charge in [0, 0.05) is 32.8 Å². The summed E-state index contributed by atoms with van der Waals surface area (Å²) in [5.74, 6) is 0.219. The van der Waals surface area contributed by atoms with Crippen LogP contribution >= 0.6 is 0 Å². The van der Waals surface area contributed by atoms with E-state index in [2.05, 4.69) is 0 Å². The van der Waals surface area contributed by atoms with Gasteiger partial charge in [0.05, 0.1) is 13.2 Å². The second-order valence-corrected chi connectivity index (χ2v) is 4.85. The molecule has 1 rings (SSSR count). The van der Waals surface area contributed by atoms with Gasteiger partial charge in [-0.2, -0.15) is 0 Å². The Morgan fingerprint density at radius 2 is 2.06 bits per heavy atom. The molecular weight excluding hydrogens is 218 g/mol. The van der Waals surface area contributed by atoms with Gasteiger partial charge in [0.1, 0.15) is 0 Å². The van der Waals surface area contributed by atoms with Gasteiger partial charge in [-0.1, -0.05) is 0 Å². The van der Waals surface area contributed by atoms with E-state index >= 15 is 0 Å². The predicted molar refractivity (Wildman–Crippen MR) is 67.8 cm³/mol. The highest BCUT2D eigenvalue weighted by Gasteiger charge is 2.18. The van der Waals surface area contributed by atoms with Crippen LogP contribution in [0.1, 0.15) is 19.3 Å². The van der Waals surface area contributed by atoms with Crippen molar-refractivity contribution in [2.24, 2.45) is 5.73 Å². The number of nitrogens with zero attached hydrogens (tertiary/aromatic N) is 2. The number of likely N-dealkylation sites (N-methyl/N-ethyl adjacent to an activating group) is 1. The molecular formula is C12H25N3O2. The largest absolute Gasteiger partial charge is 0.383 e. The monoisotopic (exact) mass is 243 g/mol. The third kappa shape index (κ3) is 5.48. The third-order valence-corrected chi connectivity index (χ3v) is 3.04. The van der Waals surface area contributed by atoms with Crippen LogP contribution in [-0.2, 0) is 9.53 Å². The van der Waals surface area contributed by atoms with E-state index in [1.807, 2.05) is 16.8 Å². The lowest BCUT2D eigenvalue weighted by Gasteiger charge is -2.29. The SMILES string of the molecule is COCC(N)CN(C)CC(=O)N1CCCCC1. The first kappa shape index (κ1) is 14.4. The number of methoxy groups -OCH3 is 1. The molecule has 0 aromatic heterocycles. The van der Waals surface area contributed by atoms with Crippen molar-refractivity contribution in [3.8, 4) is 0 Å². The summed E-state index contributed by atoms with van der Waals surface area (Å²) in [6, 6.07) is -0.0286. The lowest BCUT2D eigenvalue weighted by Crippen LogP contribution is -2.45. The van der Waals surface area contributed by atoms with Crippen LogP contribution in [0.4, 0.5) is 0 Å². The van der Waals surface area contributed by atoms with Crippen LogP contribution in [0.25, 0.3) is 0 Å². The Morgan fingerprint density at radius 3 is 2.65 bits per heavy atom. The molecule has 1 fully saturated rings. The first-order chi connectivity index (χ1) is 8.13. The number of nitrogens with two attached hydrogens (primary N) is 1. The van der Waals surface area contributed by atoms with Crippen molar-refractivity contribution >= 4 is 5.91 Å². The van der Waals surface area contributed by atoms with Crippen molar-refractivity contribution in [2.45, 2.75) is 25.3 Å². The van der Waals surface area contributed by atoms with Gasteiger partial charge in [-0.3, -0.25) is 9.69 Å². The number of hydrogen-bond donors (Lipinski definition) is 1. The Labute approximate surface area is 104 Å². The van der Waals surface area contributed by atoms with Crippen molar-refractivity contribution < 1.29 is 9.53 Å². The molecule has 2 N–H and O–H groups in total. The topological polar surface area (TPSA) is 58.8 Å². The molecule has 1 atom stereocenters. The number of ether oxygens (including phenoxy) is 1. The molecule has 0 aromatic rings. The lowest BCUT2D eigenvalue weighted by atomic mass is 10.1. The summed E-state index contributed by atoms with van der Waals surface area (Å²) in [6.45, 7) is 3.50. The van der Waals surface area contributed by atoms with E-state index < -0.39 is 0 Å². The van der Waals surface area contributed by atoms with Crippen LogP contribution in [0, 0.1) is 0 Å². The fourth-order valence-corrected chi connectivity index (χ4v) is 2.21. The zero-order valence-electron chi connectivity index (χ0n) is 11.0. The van der Waals surface area contributed by atoms with Gasteiger partial charge in [-0.15, -0.1) is 0 Å². The van der Waals surface area contributed by atoms with Crippen LogP contribution in [0.15, 0.2) is 0 Å². The minimum atomic E-state index is -0.0286. The first-order valence-electron chi connectivity index (χ1n) is 6.34. The smallest absolute Gasteiger partial charge is 0.236 e. The van der Waals surface area contributed by atoms with Gasteiger partial charge < -0.3 is 15.4 Å². The summed E-state index contributed by atoms with van der Waals surface area (Å²) in [7, 11) is 3.57. The third-order valence-electron chi connectivity index (χ3n) is 3.04. The summed E-state index contributed by atoms with van der Waals surface area (Å²) in [5.41, 5.74) is 5.85. The maximum Gasteiger partial charge on any atom is 0.236 e. The van der Waals surface area contributed by atoms with Gasteiger partial charge >= 0.3 is 0 Å². The molecule has 0 bridgehead atoms. The van der Waals surface area contributed by atoms with E-state index in [0.717, 1.165) is 25.9 Å². The molecule has 1 saturated heterocycles. The quantitative estimate of drug-likeness (QED) is 0.708. The van der Waals surface area contributed by atoms with Crippen LogP contribution < -0.4 is 5.73 Å². The fraction of sp³-hybridized carbons (Fsp3) is 0.917. The highest BCUT2D eigenvalue weighted by Crippen LogP contribution is 2.08. The van der Waals surface area contributed by atoms with Crippen LogP contribution in [0.5, 0.6) is 0 Å². The molecule has 0 aliphatic carbocycles. The van der Waals surface area contributed by atoms with Crippen molar-refractivity contribution in [3.05, 3.63) is 0 Å². The second-order valence-electron chi connectivity index (χ2n) is 4.85. The van der Waals surface area contributed by atoms with Crippen molar-refractivity contribution in [3.63, 3.8) is 0 Å². The first-order valence-corrected chi connectivity index (χ1v) is 6.34. The highest BCUT2D eigenvalue weighted by atomic mass is 16.5. The molecule has 1 amide bonds. The number of carbonyl (C=O) groups excluding carboxylic acids is 1. The minimum absolute atomic E-state index is 0.0286. The number of likely N-dealkylation sites (tertiary alicyclic amines) is 1. The average Bonchev–Trinajstić information content (AvgIpc) is 2.30. The van der Waals surface area contributed by atoms with Crippen LogP contribution in [0.2, 0.25) is 0 Å². The molecule has 5 nitrogen and oxygen atoms in total. The summed E-state index contributed by atoms with van der Waals surface area (Å²) < 4.78 is 4.98. The van der Waals surface area contributed by atoms with Crippen molar-refractivity contribution in [2.75, 3.05) is 46.9 Å². The Morgan fingerprint density at radius 1 is 1.41 bits per heavy atom. The van der Waals surface area contributed by atoms with Gasteiger partial charge in [0.15, 0.2) is 0 Å². The summed E-state index contributed by atoms with van der Waals surface area (Å²) >= 11 is 0. The standard InChI is InChI=1S/C12H25N3O2/c1-14(8-11(13)10-17-2)9-12(16)15-6-4-3-5-7-15/h11H,3-10,13H2,1-2H3. The van der Waals surface area contributed by atoms with E-state index in [1.165, 1.54) is 6.42 Å². The van der Waals surface area contributed by atoms with Gasteiger partial charge in [-0.05, 0) is 26.3 Å².